The summed E-state index contributed by atoms with van der Waals surface area (Å²) in [4.78, 5) is 27.1. The zero-order chi connectivity index (χ0) is 18.7. The second-order valence-electron chi connectivity index (χ2n) is 5.79. The van der Waals surface area contributed by atoms with Crippen molar-refractivity contribution < 1.29 is 19.1 Å². The molecule has 0 radical (unpaired) electrons. The summed E-state index contributed by atoms with van der Waals surface area (Å²) in [5, 5.41) is 0. The molecule has 5 nitrogen and oxygen atoms in total. The number of hydrogen-bond acceptors (Lipinski definition) is 4. The standard InChI is InChI=1S/C21H19NO4/c1-4-17(14-8-6-5-7-9-14)19(23)18-20(26-3)21(24)22(18)15-10-12-16(25-2)13-11-15/h5-13,18,20H,1H2,2-3H3/t18-,20+/m0/s1. The van der Waals surface area contributed by atoms with Crippen LogP contribution in [-0.2, 0) is 14.3 Å². The molecule has 1 aliphatic rings. The molecule has 2 aromatic rings. The van der Waals surface area contributed by atoms with Crippen LogP contribution in [0.2, 0.25) is 0 Å². The van der Waals surface area contributed by atoms with Crippen LogP contribution in [0.15, 0.2) is 66.9 Å². The summed E-state index contributed by atoms with van der Waals surface area (Å²) in [6.45, 7) is 3.65. The van der Waals surface area contributed by atoms with Crippen LogP contribution in [0.1, 0.15) is 5.56 Å². The molecule has 0 bridgehead atoms. The van der Waals surface area contributed by atoms with E-state index in [1.165, 1.54) is 12.0 Å². The summed E-state index contributed by atoms with van der Waals surface area (Å²) >= 11 is 0. The lowest BCUT2D eigenvalue weighted by atomic mass is 9.87. The number of benzene rings is 2. The van der Waals surface area contributed by atoms with Crippen LogP contribution in [0.4, 0.5) is 5.69 Å². The van der Waals surface area contributed by atoms with Crippen LogP contribution >= 0.6 is 0 Å². The number of ether oxygens (including phenoxy) is 2. The van der Waals surface area contributed by atoms with Crippen LogP contribution < -0.4 is 9.64 Å². The van der Waals surface area contributed by atoms with Gasteiger partial charge in [0.25, 0.3) is 5.91 Å². The van der Waals surface area contributed by atoms with Crippen molar-refractivity contribution in [2.45, 2.75) is 12.1 Å². The van der Waals surface area contributed by atoms with Gasteiger partial charge in [-0.25, -0.2) is 0 Å². The van der Waals surface area contributed by atoms with Crippen molar-refractivity contribution in [2.24, 2.45) is 0 Å². The second kappa shape index (κ2) is 7.40. The predicted octanol–water partition coefficient (Wildman–Crippen LogP) is 2.86. The third kappa shape index (κ3) is 2.94. The van der Waals surface area contributed by atoms with Crippen molar-refractivity contribution in [3.05, 3.63) is 72.5 Å². The van der Waals surface area contributed by atoms with Gasteiger partial charge in [0, 0.05) is 12.8 Å². The number of carbonyl (C=O) groups is 2. The highest BCUT2D eigenvalue weighted by Crippen LogP contribution is 2.34. The molecule has 0 unspecified atom stereocenters. The van der Waals surface area contributed by atoms with Crippen LogP contribution in [-0.4, -0.2) is 38.1 Å². The normalized spacial score (nSPS) is 18.7. The molecule has 3 rings (SSSR count). The number of carbonyl (C=O) groups excluding carboxylic acids is 2. The molecule has 1 fully saturated rings. The zero-order valence-electron chi connectivity index (χ0n) is 14.6. The Hall–Kier alpha value is -3.14. The fourth-order valence-electron chi connectivity index (χ4n) is 3.06. The van der Waals surface area contributed by atoms with Crippen LogP contribution in [0.25, 0.3) is 5.57 Å². The van der Waals surface area contributed by atoms with E-state index in [0.717, 1.165) is 0 Å². The van der Waals surface area contributed by atoms with Gasteiger partial charge in [0.05, 0.1) is 12.7 Å². The van der Waals surface area contributed by atoms with Gasteiger partial charge in [-0.15, -0.1) is 5.73 Å². The summed E-state index contributed by atoms with van der Waals surface area (Å²) in [7, 11) is 2.99. The van der Waals surface area contributed by atoms with E-state index in [4.69, 9.17) is 9.47 Å². The molecule has 0 N–H and O–H groups in total. The third-order valence-corrected chi connectivity index (χ3v) is 4.40. The van der Waals surface area contributed by atoms with Gasteiger partial charge in [0.2, 0.25) is 0 Å². The molecule has 1 aliphatic heterocycles. The zero-order valence-corrected chi connectivity index (χ0v) is 14.6. The summed E-state index contributed by atoms with van der Waals surface area (Å²) in [5.41, 5.74) is 4.37. The van der Waals surface area contributed by atoms with E-state index in [-0.39, 0.29) is 11.7 Å². The van der Waals surface area contributed by atoms with Crippen molar-refractivity contribution >= 4 is 23.0 Å². The highest BCUT2D eigenvalue weighted by atomic mass is 16.5. The van der Waals surface area contributed by atoms with E-state index < -0.39 is 12.1 Å². The Bertz CT molecular complexity index is 867. The van der Waals surface area contributed by atoms with Crippen molar-refractivity contribution in [1.29, 1.82) is 0 Å². The van der Waals surface area contributed by atoms with Gasteiger partial charge in [-0.05, 0) is 29.8 Å². The first-order valence-electron chi connectivity index (χ1n) is 8.12. The van der Waals surface area contributed by atoms with Gasteiger partial charge in [0.15, 0.2) is 11.9 Å². The van der Waals surface area contributed by atoms with E-state index in [1.54, 1.807) is 31.4 Å². The molecule has 0 aliphatic carbocycles. The molecule has 1 heterocycles. The van der Waals surface area contributed by atoms with Gasteiger partial charge in [-0.3, -0.25) is 14.5 Å². The number of anilines is 1. The number of methoxy groups -OCH3 is 2. The summed E-state index contributed by atoms with van der Waals surface area (Å²) < 4.78 is 10.4. The van der Waals surface area contributed by atoms with Crippen LogP contribution in [0.5, 0.6) is 5.75 Å². The first kappa shape index (κ1) is 17.7. The molecule has 1 saturated heterocycles. The molecule has 132 valence electrons. The number of rotatable bonds is 6. The smallest absolute Gasteiger partial charge is 0.259 e. The van der Waals surface area contributed by atoms with Gasteiger partial charge in [-0.2, -0.15) is 0 Å². The van der Waals surface area contributed by atoms with Crippen molar-refractivity contribution in [1.82, 2.24) is 0 Å². The Balaban J connectivity index is 1.95. The average molecular weight is 349 g/mol. The molecule has 1 amide bonds. The molecule has 0 aromatic heterocycles. The van der Waals surface area contributed by atoms with E-state index in [1.807, 2.05) is 30.3 Å². The van der Waals surface area contributed by atoms with Gasteiger partial charge in [0.1, 0.15) is 11.8 Å². The minimum absolute atomic E-state index is 0.256. The van der Waals surface area contributed by atoms with E-state index in [0.29, 0.717) is 22.6 Å². The lowest BCUT2D eigenvalue weighted by Gasteiger charge is -2.45. The second-order valence-corrected chi connectivity index (χ2v) is 5.79. The number of amides is 1. The first-order valence-corrected chi connectivity index (χ1v) is 8.12. The molecule has 5 heteroatoms. The Morgan fingerprint density at radius 2 is 1.73 bits per heavy atom. The average Bonchev–Trinajstić information content (AvgIpc) is 2.68. The number of β-lactam (4-membered cyclic amide) rings is 1. The SMILES string of the molecule is C=C=C(C(=O)[C@H]1[C@@H](OC)C(=O)N1c1ccc(OC)cc1)c1ccccc1. The van der Waals surface area contributed by atoms with E-state index in [9.17, 15) is 9.59 Å². The predicted molar refractivity (Wildman–Crippen MR) is 99.1 cm³/mol. The van der Waals surface area contributed by atoms with Crippen molar-refractivity contribution in [2.75, 3.05) is 19.1 Å². The Kier molecular flexibility index (Phi) is 5.03. The number of ketones is 1. The van der Waals surface area contributed by atoms with Gasteiger partial charge >= 0.3 is 0 Å². The van der Waals surface area contributed by atoms with Crippen molar-refractivity contribution in [3.8, 4) is 5.75 Å². The monoisotopic (exact) mass is 349 g/mol. The largest absolute Gasteiger partial charge is 0.497 e. The Labute approximate surface area is 152 Å². The highest BCUT2D eigenvalue weighted by Gasteiger charge is 2.53. The maximum absolute atomic E-state index is 13.1. The Morgan fingerprint density at radius 1 is 1.08 bits per heavy atom. The highest BCUT2D eigenvalue weighted by molar-refractivity contribution is 6.29. The van der Waals surface area contributed by atoms with E-state index in [2.05, 4.69) is 12.3 Å². The molecular formula is C21H19NO4. The first-order chi connectivity index (χ1) is 12.6. The van der Waals surface area contributed by atoms with Crippen molar-refractivity contribution in [3.63, 3.8) is 0 Å². The molecule has 2 atom stereocenters. The van der Waals surface area contributed by atoms with Gasteiger partial charge in [-0.1, -0.05) is 36.9 Å². The number of nitrogens with zero attached hydrogens (tertiary/aromatic N) is 1. The van der Waals surface area contributed by atoms with Crippen LogP contribution in [0, 0.1) is 0 Å². The molecule has 26 heavy (non-hydrogen) atoms. The maximum Gasteiger partial charge on any atom is 0.259 e. The minimum Gasteiger partial charge on any atom is -0.497 e. The summed E-state index contributed by atoms with van der Waals surface area (Å²) in [6.07, 6.45) is -0.823. The lowest BCUT2D eigenvalue weighted by Crippen LogP contribution is -2.69. The lowest BCUT2D eigenvalue weighted by molar-refractivity contribution is -0.144. The fourth-order valence-corrected chi connectivity index (χ4v) is 3.06. The molecular weight excluding hydrogens is 330 g/mol. The molecule has 2 aromatic carbocycles. The number of Topliss-reactive ketones (excluding diaryl/α,β-unsaturated/α-hetero) is 1. The van der Waals surface area contributed by atoms with E-state index >= 15 is 0 Å². The summed E-state index contributed by atoms with van der Waals surface area (Å²) in [6, 6.07) is 15.4. The number of hydrogen-bond donors (Lipinski definition) is 0. The minimum atomic E-state index is -0.823. The quantitative estimate of drug-likeness (QED) is 0.457. The fraction of sp³-hybridized carbons (Fsp3) is 0.190. The van der Waals surface area contributed by atoms with Gasteiger partial charge < -0.3 is 9.47 Å². The summed E-state index contributed by atoms with van der Waals surface area (Å²) in [5.74, 6) is 0.157. The third-order valence-electron chi connectivity index (χ3n) is 4.40. The topological polar surface area (TPSA) is 55.8 Å². The molecule has 0 saturated carbocycles. The molecule has 0 spiro atoms. The Morgan fingerprint density at radius 3 is 2.27 bits per heavy atom. The van der Waals surface area contributed by atoms with Crippen LogP contribution in [0.3, 0.4) is 0 Å². The maximum atomic E-state index is 13.1.